The number of anilines is 1. The second kappa shape index (κ2) is 9.84. The van der Waals surface area contributed by atoms with Gasteiger partial charge in [0.25, 0.3) is 5.56 Å². The highest BCUT2D eigenvalue weighted by Gasteiger charge is 2.16. The molecule has 1 N–H and O–H groups in total. The number of amides is 1. The molecule has 0 atom stereocenters. The standard InChI is InChI=1S/C22H26N4O4S/c1-25(2)31(29,30)18-13-11-17(12-14-18)24-21(27)10-4-3-7-15-26-16-23-20-9-6-5-8-19(20)22(26)28/h5-6,8-9,11-14,16H,3-4,7,10,15H2,1-2H3,(H,24,27). The minimum atomic E-state index is -3.49. The number of nitrogens with zero attached hydrogens (tertiary/aromatic N) is 3. The second-order valence-electron chi connectivity index (χ2n) is 7.43. The molecule has 3 rings (SSSR count). The van der Waals surface area contributed by atoms with Gasteiger partial charge < -0.3 is 5.32 Å². The number of aromatic nitrogens is 2. The highest BCUT2D eigenvalue weighted by molar-refractivity contribution is 7.89. The summed E-state index contributed by atoms with van der Waals surface area (Å²) >= 11 is 0. The summed E-state index contributed by atoms with van der Waals surface area (Å²) in [7, 11) is -0.549. The first-order valence-corrected chi connectivity index (χ1v) is 11.5. The maximum absolute atomic E-state index is 12.4. The Labute approximate surface area is 181 Å². The Morgan fingerprint density at radius 3 is 2.45 bits per heavy atom. The van der Waals surface area contributed by atoms with Crippen LogP contribution in [0, 0.1) is 0 Å². The van der Waals surface area contributed by atoms with E-state index in [1.54, 1.807) is 29.1 Å². The van der Waals surface area contributed by atoms with Crippen molar-refractivity contribution in [3.63, 3.8) is 0 Å². The molecular weight excluding hydrogens is 416 g/mol. The number of para-hydroxylation sites is 1. The van der Waals surface area contributed by atoms with Crippen molar-refractivity contribution in [2.75, 3.05) is 19.4 Å². The molecule has 0 aliphatic carbocycles. The SMILES string of the molecule is CN(C)S(=O)(=O)c1ccc(NC(=O)CCCCCn2cnc3ccccc3c2=O)cc1. The normalized spacial score (nSPS) is 11.7. The van der Waals surface area contributed by atoms with E-state index < -0.39 is 10.0 Å². The van der Waals surface area contributed by atoms with Crippen LogP contribution in [-0.2, 0) is 21.4 Å². The molecule has 9 heteroatoms. The molecule has 0 saturated heterocycles. The maximum Gasteiger partial charge on any atom is 0.261 e. The third kappa shape index (κ3) is 5.56. The number of nitrogens with one attached hydrogen (secondary N) is 1. The number of carbonyl (C=O) groups excluding carboxylic acids is 1. The lowest BCUT2D eigenvalue weighted by molar-refractivity contribution is -0.116. The van der Waals surface area contributed by atoms with Gasteiger partial charge in [-0.25, -0.2) is 17.7 Å². The Balaban J connectivity index is 1.44. The molecule has 31 heavy (non-hydrogen) atoms. The monoisotopic (exact) mass is 442 g/mol. The Morgan fingerprint density at radius 1 is 1.03 bits per heavy atom. The Kier molecular flexibility index (Phi) is 7.19. The summed E-state index contributed by atoms with van der Waals surface area (Å²) in [6.07, 6.45) is 4.17. The van der Waals surface area contributed by atoms with Crippen LogP contribution in [-0.4, -0.2) is 42.3 Å². The molecule has 1 amide bonds. The van der Waals surface area contributed by atoms with Gasteiger partial charge in [-0.1, -0.05) is 18.6 Å². The minimum Gasteiger partial charge on any atom is -0.326 e. The van der Waals surface area contributed by atoms with Gasteiger partial charge in [-0.2, -0.15) is 0 Å². The fraction of sp³-hybridized carbons (Fsp3) is 0.318. The van der Waals surface area contributed by atoms with Crippen LogP contribution in [0.3, 0.4) is 0 Å². The van der Waals surface area contributed by atoms with Gasteiger partial charge in [0.05, 0.1) is 22.1 Å². The van der Waals surface area contributed by atoms with Crippen molar-refractivity contribution in [2.24, 2.45) is 0 Å². The fourth-order valence-electron chi connectivity index (χ4n) is 3.15. The Morgan fingerprint density at radius 2 is 1.74 bits per heavy atom. The number of unbranched alkanes of at least 4 members (excludes halogenated alkanes) is 2. The molecule has 2 aromatic carbocycles. The van der Waals surface area contributed by atoms with Crippen molar-refractivity contribution in [3.8, 4) is 0 Å². The lowest BCUT2D eigenvalue weighted by Crippen LogP contribution is -2.22. The van der Waals surface area contributed by atoms with Gasteiger partial charge in [-0.05, 0) is 49.2 Å². The van der Waals surface area contributed by atoms with Gasteiger partial charge in [0, 0.05) is 32.7 Å². The lowest BCUT2D eigenvalue weighted by Gasteiger charge is -2.12. The van der Waals surface area contributed by atoms with E-state index in [-0.39, 0.29) is 16.4 Å². The predicted octanol–water partition coefficient (Wildman–Crippen LogP) is 2.85. The van der Waals surface area contributed by atoms with Gasteiger partial charge >= 0.3 is 0 Å². The van der Waals surface area contributed by atoms with Crippen LogP contribution in [0.15, 0.2) is 64.5 Å². The molecule has 8 nitrogen and oxygen atoms in total. The zero-order chi connectivity index (χ0) is 22.4. The van der Waals surface area contributed by atoms with Gasteiger partial charge in [0.2, 0.25) is 15.9 Å². The van der Waals surface area contributed by atoms with Crippen molar-refractivity contribution in [1.82, 2.24) is 13.9 Å². The average Bonchev–Trinajstić information content (AvgIpc) is 2.75. The summed E-state index contributed by atoms with van der Waals surface area (Å²) in [5, 5.41) is 3.38. The summed E-state index contributed by atoms with van der Waals surface area (Å²) in [6.45, 7) is 0.556. The quantitative estimate of drug-likeness (QED) is 0.514. The molecule has 0 saturated carbocycles. The summed E-state index contributed by atoms with van der Waals surface area (Å²) < 4.78 is 26.9. The number of benzene rings is 2. The molecular formula is C22H26N4O4S. The van der Waals surface area contributed by atoms with E-state index in [0.29, 0.717) is 36.0 Å². The van der Waals surface area contributed by atoms with Gasteiger partial charge in [0.1, 0.15) is 0 Å². The van der Waals surface area contributed by atoms with Crippen LogP contribution < -0.4 is 10.9 Å². The average molecular weight is 443 g/mol. The lowest BCUT2D eigenvalue weighted by atomic mass is 10.2. The third-order valence-electron chi connectivity index (χ3n) is 4.95. The molecule has 0 radical (unpaired) electrons. The molecule has 3 aromatic rings. The van der Waals surface area contributed by atoms with Gasteiger partial charge in [0.15, 0.2) is 0 Å². The minimum absolute atomic E-state index is 0.0527. The molecule has 0 spiro atoms. The zero-order valence-electron chi connectivity index (χ0n) is 17.6. The number of carbonyl (C=O) groups is 1. The van der Waals surface area contributed by atoms with Crippen molar-refractivity contribution in [1.29, 1.82) is 0 Å². The van der Waals surface area contributed by atoms with Crippen LogP contribution in [0.25, 0.3) is 10.9 Å². The van der Waals surface area contributed by atoms with Crippen LogP contribution in [0.1, 0.15) is 25.7 Å². The highest BCUT2D eigenvalue weighted by Crippen LogP contribution is 2.17. The number of hydrogen-bond acceptors (Lipinski definition) is 5. The van der Waals surface area contributed by atoms with Gasteiger partial charge in [-0.15, -0.1) is 0 Å². The number of rotatable bonds is 9. The van der Waals surface area contributed by atoms with Crippen molar-refractivity contribution < 1.29 is 13.2 Å². The van der Waals surface area contributed by atoms with E-state index in [9.17, 15) is 18.0 Å². The van der Waals surface area contributed by atoms with Crippen LogP contribution in [0.4, 0.5) is 5.69 Å². The first-order valence-electron chi connectivity index (χ1n) is 10.1. The summed E-state index contributed by atoms with van der Waals surface area (Å²) in [6, 6.07) is 13.4. The van der Waals surface area contributed by atoms with E-state index >= 15 is 0 Å². The van der Waals surface area contributed by atoms with E-state index in [1.807, 2.05) is 18.2 Å². The number of aryl methyl sites for hydroxylation is 1. The maximum atomic E-state index is 12.4. The van der Waals surface area contributed by atoms with Crippen molar-refractivity contribution >= 4 is 32.5 Å². The molecule has 0 aliphatic rings. The van der Waals surface area contributed by atoms with E-state index in [0.717, 1.165) is 17.1 Å². The number of hydrogen-bond donors (Lipinski definition) is 1. The van der Waals surface area contributed by atoms with Crippen LogP contribution >= 0.6 is 0 Å². The largest absolute Gasteiger partial charge is 0.326 e. The molecule has 1 aromatic heterocycles. The third-order valence-corrected chi connectivity index (χ3v) is 6.78. The summed E-state index contributed by atoms with van der Waals surface area (Å²) in [5.74, 6) is -0.132. The summed E-state index contributed by atoms with van der Waals surface area (Å²) in [4.78, 5) is 29.1. The molecule has 0 bridgehead atoms. The van der Waals surface area contributed by atoms with E-state index in [4.69, 9.17) is 0 Å². The zero-order valence-corrected chi connectivity index (χ0v) is 18.4. The number of sulfonamides is 1. The molecule has 0 unspecified atom stereocenters. The summed E-state index contributed by atoms with van der Waals surface area (Å²) in [5.41, 5.74) is 1.19. The smallest absolute Gasteiger partial charge is 0.261 e. The Hall–Kier alpha value is -3.04. The van der Waals surface area contributed by atoms with Crippen molar-refractivity contribution in [3.05, 3.63) is 65.2 Å². The molecule has 0 aliphatic heterocycles. The van der Waals surface area contributed by atoms with Crippen LogP contribution in [0.5, 0.6) is 0 Å². The molecule has 164 valence electrons. The fourth-order valence-corrected chi connectivity index (χ4v) is 4.06. The second-order valence-corrected chi connectivity index (χ2v) is 9.58. The topological polar surface area (TPSA) is 101 Å². The van der Waals surface area contributed by atoms with E-state index in [2.05, 4.69) is 10.3 Å². The Bertz CT molecular complexity index is 1220. The molecule has 1 heterocycles. The predicted molar refractivity (Wildman–Crippen MR) is 120 cm³/mol. The molecule has 0 fully saturated rings. The number of fused-ring (bicyclic) bond motifs is 1. The van der Waals surface area contributed by atoms with Crippen LogP contribution in [0.2, 0.25) is 0 Å². The van der Waals surface area contributed by atoms with Crippen molar-refractivity contribution in [2.45, 2.75) is 37.1 Å². The van der Waals surface area contributed by atoms with E-state index in [1.165, 1.54) is 26.2 Å². The highest BCUT2D eigenvalue weighted by atomic mass is 32.2. The first kappa shape index (κ1) is 22.6. The first-order chi connectivity index (χ1) is 14.8. The van der Waals surface area contributed by atoms with Gasteiger partial charge in [-0.3, -0.25) is 14.2 Å².